The predicted octanol–water partition coefficient (Wildman–Crippen LogP) is 3.10. The van der Waals surface area contributed by atoms with Crippen LogP contribution in [0.4, 0.5) is 11.5 Å². The third-order valence-corrected chi connectivity index (χ3v) is 5.89. The number of nitrogens with zero attached hydrogens (tertiary/aromatic N) is 3. The number of hydrogen-bond acceptors (Lipinski definition) is 5. The largest absolute Gasteiger partial charge is 0.378 e. The van der Waals surface area contributed by atoms with Crippen LogP contribution < -0.4 is 10.2 Å². The maximum Gasteiger partial charge on any atom is 0.257 e. The monoisotopic (exact) mass is 408 g/mol. The molecule has 2 aliphatic heterocycles. The molecule has 0 radical (unpaired) electrons. The number of morpholine rings is 1. The Morgan fingerprint density at radius 2 is 1.87 bits per heavy atom. The van der Waals surface area contributed by atoms with Gasteiger partial charge in [0.15, 0.2) is 0 Å². The Hall–Kier alpha value is -2.93. The van der Waals surface area contributed by atoms with Crippen molar-refractivity contribution in [1.29, 1.82) is 0 Å². The summed E-state index contributed by atoms with van der Waals surface area (Å²) in [5.74, 6) is 0.628. The van der Waals surface area contributed by atoms with Crippen molar-refractivity contribution in [3.63, 3.8) is 0 Å². The molecule has 1 unspecified atom stereocenters. The van der Waals surface area contributed by atoms with E-state index in [1.807, 2.05) is 30.0 Å². The lowest BCUT2D eigenvalue weighted by molar-refractivity contribution is 0.0747. The van der Waals surface area contributed by atoms with Gasteiger partial charge in [-0.1, -0.05) is 6.07 Å². The van der Waals surface area contributed by atoms with Crippen molar-refractivity contribution in [2.45, 2.75) is 32.7 Å². The predicted molar refractivity (Wildman–Crippen MR) is 116 cm³/mol. The van der Waals surface area contributed by atoms with Crippen LogP contribution in [0.5, 0.6) is 0 Å². The lowest BCUT2D eigenvalue weighted by Crippen LogP contribution is -2.36. The molecule has 4 rings (SSSR count). The number of ether oxygens (including phenoxy) is 1. The van der Waals surface area contributed by atoms with Gasteiger partial charge in [0, 0.05) is 43.1 Å². The third kappa shape index (κ3) is 4.31. The minimum absolute atomic E-state index is 0.0204. The quantitative estimate of drug-likeness (QED) is 0.841. The van der Waals surface area contributed by atoms with Crippen LogP contribution in [0.2, 0.25) is 0 Å². The number of amides is 2. The van der Waals surface area contributed by atoms with Crippen LogP contribution in [0.25, 0.3) is 0 Å². The molecule has 1 aromatic heterocycles. The summed E-state index contributed by atoms with van der Waals surface area (Å²) in [6.07, 6.45) is 3.67. The number of rotatable bonds is 4. The van der Waals surface area contributed by atoms with Crippen molar-refractivity contribution in [3.8, 4) is 0 Å². The average molecular weight is 409 g/mol. The Morgan fingerprint density at radius 1 is 1.10 bits per heavy atom. The van der Waals surface area contributed by atoms with E-state index in [1.54, 1.807) is 18.3 Å². The number of aromatic nitrogens is 1. The van der Waals surface area contributed by atoms with E-state index in [2.05, 4.69) is 22.1 Å². The van der Waals surface area contributed by atoms with Gasteiger partial charge in [-0.15, -0.1) is 0 Å². The van der Waals surface area contributed by atoms with Gasteiger partial charge in [0.25, 0.3) is 11.8 Å². The number of carbonyl (C=O) groups is 2. The van der Waals surface area contributed by atoms with Gasteiger partial charge in [0.05, 0.1) is 18.8 Å². The smallest absolute Gasteiger partial charge is 0.257 e. The van der Waals surface area contributed by atoms with E-state index in [-0.39, 0.29) is 17.9 Å². The number of likely N-dealkylation sites (tertiary alicyclic amines) is 1. The standard InChI is InChI=1S/C23H28N4O3/c1-16-5-6-18(23(29)27-9-3-4-17(27)2)14-20(16)25-22(28)19-7-8-21(24-15-19)26-10-12-30-13-11-26/h5-8,14-15,17H,3-4,9-13H2,1-2H3,(H,25,28). The van der Waals surface area contributed by atoms with E-state index >= 15 is 0 Å². The number of carbonyl (C=O) groups excluding carboxylic acids is 2. The first-order valence-corrected chi connectivity index (χ1v) is 10.5. The van der Waals surface area contributed by atoms with Crippen molar-refractivity contribution in [1.82, 2.24) is 9.88 Å². The van der Waals surface area contributed by atoms with Crippen LogP contribution >= 0.6 is 0 Å². The fourth-order valence-electron chi connectivity index (χ4n) is 3.98. The first kappa shape index (κ1) is 20.3. The number of nitrogens with one attached hydrogen (secondary N) is 1. The SMILES string of the molecule is Cc1ccc(C(=O)N2CCCC2C)cc1NC(=O)c1ccc(N2CCOCC2)nc1. The molecule has 0 bridgehead atoms. The van der Waals surface area contributed by atoms with Crippen molar-refractivity contribution >= 4 is 23.3 Å². The zero-order valence-electron chi connectivity index (χ0n) is 17.6. The molecule has 2 amide bonds. The maximum atomic E-state index is 12.9. The average Bonchev–Trinajstić information content (AvgIpc) is 3.21. The van der Waals surface area contributed by atoms with Crippen LogP contribution in [-0.4, -0.2) is 60.6 Å². The van der Waals surface area contributed by atoms with Gasteiger partial charge in [-0.2, -0.15) is 0 Å². The van der Waals surface area contributed by atoms with E-state index in [0.717, 1.165) is 43.9 Å². The first-order chi connectivity index (χ1) is 14.5. The van der Waals surface area contributed by atoms with Crippen molar-refractivity contribution in [3.05, 3.63) is 53.2 Å². The van der Waals surface area contributed by atoms with Gasteiger partial charge < -0.3 is 19.9 Å². The van der Waals surface area contributed by atoms with Crippen LogP contribution in [0.1, 0.15) is 46.0 Å². The highest BCUT2D eigenvalue weighted by molar-refractivity contribution is 6.05. The van der Waals surface area contributed by atoms with E-state index in [4.69, 9.17) is 4.74 Å². The fourth-order valence-corrected chi connectivity index (χ4v) is 3.98. The lowest BCUT2D eigenvalue weighted by atomic mass is 10.1. The maximum absolute atomic E-state index is 12.9. The summed E-state index contributed by atoms with van der Waals surface area (Å²) in [4.78, 5) is 34.1. The summed E-state index contributed by atoms with van der Waals surface area (Å²) < 4.78 is 5.36. The lowest BCUT2D eigenvalue weighted by Gasteiger charge is -2.27. The summed E-state index contributed by atoms with van der Waals surface area (Å²) in [6.45, 7) is 7.76. The normalized spacial score (nSPS) is 19.1. The van der Waals surface area contributed by atoms with Crippen LogP contribution in [0.15, 0.2) is 36.5 Å². The summed E-state index contributed by atoms with van der Waals surface area (Å²) in [5.41, 5.74) is 2.64. The minimum atomic E-state index is -0.238. The van der Waals surface area contributed by atoms with Crippen molar-refractivity contribution in [2.24, 2.45) is 0 Å². The minimum Gasteiger partial charge on any atom is -0.378 e. The second-order valence-electron chi connectivity index (χ2n) is 7.98. The molecule has 158 valence electrons. The van der Waals surface area contributed by atoms with E-state index < -0.39 is 0 Å². The first-order valence-electron chi connectivity index (χ1n) is 10.5. The van der Waals surface area contributed by atoms with Crippen LogP contribution in [0, 0.1) is 6.92 Å². The second-order valence-corrected chi connectivity index (χ2v) is 7.98. The Balaban J connectivity index is 1.46. The molecule has 0 spiro atoms. The Bertz CT molecular complexity index is 923. The summed E-state index contributed by atoms with van der Waals surface area (Å²) in [7, 11) is 0. The molecule has 1 aromatic carbocycles. The molecule has 7 nitrogen and oxygen atoms in total. The van der Waals surface area contributed by atoms with Gasteiger partial charge >= 0.3 is 0 Å². The van der Waals surface area contributed by atoms with Crippen LogP contribution in [-0.2, 0) is 4.74 Å². The number of pyridine rings is 1. The van der Waals surface area contributed by atoms with E-state index in [0.29, 0.717) is 30.0 Å². The molecule has 2 aromatic rings. The highest BCUT2D eigenvalue weighted by Gasteiger charge is 2.26. The highest BCUT2D eigenvalue weighted by Crippen LogP contribution is 2.23. The summed E-state index contributed by atoms with van der Waals surface area (Å²) in [5, 5.41) is 2.94. The second kappa shape index (κ2) is 8.83. The van der Waals surface area contributed by atoms with Gasteiger partial charge in [0.1, 0.15) is 5.82 Å². The van der Waals surface area contributed by atoms with E-state index in [1.165, 1.54) is 0 Å². The Kier molecular flexibility index (Phi) is 5.99. The molecule has 3 heterocycles. The molecule has 0 aliphatic carbocycles. The molecule has 0 saturated carbocycles. The molecule has 30 heavy (non-hydrogen) atoms. The number of aryl methyl sites for hydroxylation is 1. The summed E-state index contributed by atoms with van der Waals surface area (Å²) >= 11 is 0. The van der Waals surface area contributed by atoms with Gasteiger partial charge in [-0.3, -0.25) is 9.59 Å². The number of benzene rings is 1. The van der Waals surface area contributed by atoms with Gasteiger partial charge in [0.2, 0.25) is 0 Å². The molecular formula is C23H28N4O3. The molecule has 2 aliphatic rings. The molecule has 2 fully saturated rings. The van der Waals surface area contributed by atoms with Crippen LogP contribution in [0.3, 0.4) is 0 Å². The number of hydrogen-bond donors (Lipinski definition) is 1. The third-order valence-electron chi connectivity index (χ3n) is 5.89. The number of anilines is 2. The zero-order chi connectivity index (χ0) is 21.1. The van der Waals surface area contributed by atoms with E-state index in [9.17, 15) is 9.59 Å². The Morgan fingerprint density at radius 3 is 2.53 bits per heavy atom. The molecule has 1 atom stereocenters. The summed E-state index contributed by atoms with van der Waals surface area (Å²) in [6, 6.07) is 9.38. The highest BCUT2D eigenvalue weighted by atomic mass is 16.5. The molecule has 7 heteroatoms. The fraction of sp³-hybridized carbons (Fsp3) is 0.435. The molecule has 2 saturated heterocycles. The van der Waals surface area contributed by atoms with Gasteiger partial charge in [-0.05, 0) is 56.5 Å². The van der Waals surface area contributed by atoms with Crippen molar-refractivity contribution < 1.29 is 14.3 Å². The van der Waals surface area contributed by atoms with Crippen molar-refractivity contribution in [2.75, 3.05) is 43.1 Å². The topological polar surface area (TPSA) is 74.8 Å². The molecule has 1 N–H and O–H groups in total. The van der Waals surface area contributed by atoms with Gasteiger partial charge in [-0.25, -0.2) is 4.98 Å². The Labute approximate surface area is 177 Å². The zero-order valence-corrected chi connectivity index (χ0v) is 17.6. The molecular weight excluding hydrogens is 380 g/mol.